The number of carbonyl (C=O) groups is 1. The van der Waals surface area contributed by atoms with E-state index in [1.807, 2.05) is 0 Å². The van der Waals surface area contributed by atoms with Gasteiger partial charge in [0.25, 0.3) is 0 Å². The van der Waals surface area contributed by atoms with E-state index in [9.17, 15) is 30.2 Å². The fraction of sp³-hybridized carbons (Fsp3) is 0.417. The summed E-state index contributed by atoms with van der Waals surface area (Å²) in [6.07, 6.45) is -6.93. The Kier molecular flexibility index (Phi) is 6.18. The van der Waals surface area contributed by atoms with Crippen molar-refractivity contribution in [2.45, 2.75) is 24.4 Å². The summed E-state index contributed by atoms with van der Waals surface area (Å²) in [6.45, 7) is -0.838. The smallest absolute Gasteiger partial charge is 0.310 e. The minimum Gasteiger partial charge on any atom is -0.473 e. The highest BCUT2D eigenvalue weighted by atomic mass is 16.6. The second kappa shape index (κ2) is 7.64. The molecule has 4 N–H and O–H groups in total. The van der Waals surface area contributed by atoms with Crippen molar-refractivity contribution in [2.24, 2.45) is 0 Å². The molecule has 1 rings (SSSR count). The van der Waals surface area contributed by atoms with Gasteiger partial charge in [-0.1, -0.05) is 12.1 Å². The summed E-state index contributed by atoms with van der Waals surface area (Å²) in [4.78, 5) is 21.0. The number of nitro benzene ring substituents is 1. The number of nitro groups is 1. The van der Waals surface area contributed by atoms with Crippen LogP contribution in [0.4, 0.5) is 5.69 Å². The minimum atomic E-state index is -1.87. The van der Waals surface area contributed by atoms with E-state index in [0.29, 0.717) is 0 Å². The van der Waals surface area contributed by atoms with Crippen LogP contribution in [0.15, 0.2) is 24.3 Å². The summed E-state index contributed by atoms with van der Waals surface area (Å²) in [5.41, 5.74) is -0.422. The van der Waals surface area contributed by atoms with E-state index in [1.54, 1.807) is 0 Å². The molecule has 21 heavy (non-hydrogen) atoms. The van der Waals surface area contributed by atoms with Crippen LogP contribution in [-0.2, 0) is 4.79 Å². The van der Waals surface area contributed by atoms with Crippen LogP contribution in [0, 0.1) is 10.1 Å². The Morgan fingerprint density at radius 2 is 1.86 bits per heavy atom. The molecule has 9 nitrogen and oxygen atoms in total. The minimum absolute atomic E-state index is 0.134. The van der Waals surface area contributed by atoms with Gasteiger partial charge in [0.1, 0.15) is 18.3 Å². The number of para-hydroxylation sites is 2. The molecule has 0 aliphatic carbocycles. The molecule has 0 aliphatic rings. The molecule has 0 aromatic heterocycles. The van der Waals surface area contributed by atoms with Gasteiger partial charge in [0.2, 0.25) is 0 Å². The van der Waals surface area contributed by atoms with Gasteiger partial charge in [-0.3, -0.25) is 14.9 Å². The number of hydrogen-bond donors (Lipinski definition) is 4. The number of aldehydes is 1. The predicted molar refractivity (Wildman–Crippen MR) is 68.7 cm³/mol. The van der Waals surface area contributed by atoms with Crippen LogP contribution in [0.25, 0.3) is 0 Å². The third-order valence-electron chi connectivity index (χ3n) is 2.73. The summed E-state index contributed by atoms with van der Waals surface area (Å²) in [6, 6.07) is 5.18. The molecule has 0 saturated carbocycles. The van der Waals surface area contributed by atoms with Gasteiger partial charge in [-0.2, -0.15) is 0 Å². The van der Waals surface area contributed by atoms with Crippen LogP contribution in [-0.4, -0.2) is 62.7 Å². The molecular formula is C12H15NO8. The van der Waals surface area contributed by atoms with E-state index < -0.39 is 41.6 Å². The summed E-state index contributed by atoms with van der Waals surface area (Å²) in [7, 11) is 0. The quantitative estimate of drug-likeness (QED) is 0.260. The first-order chi connectivity index (χ1) is 9.92. The average molecular weight is 301 g/mol. The number of ether oxygens (including phenoxy) is 1. The largest absolute Gasteiger partial charge is 0.473 e. The molecule has 0 bridgehead atoms. The van der Waals surface area contributed by atoms with Gasteiger partial charge in [0.15, 0.2) is 18.1 Å². The molecule has 0 unspecified atom stereocenters. The molecule has 0 saturated heterocycles. The monoisotopic (exact) mass is 301 g/mol. The normalized spacial score (nSPS) is 16.6. The van der Waals surface area contributed by atoms with Gasteiger partial charge in [0.05, 0.1) is 11.5 Å². The Labute approximate surface area is 119 Å². The van der Waals surface area contributed by atoms with Crippen molar-refractivity contribution >= 4 is 12.0 Å². The lowest BCUT2D eigenvalue weighted by atomic mass is 10.0. The predicted octanol–water partition coefficient (Wildman–Crippen LogP) is -1.38. The van der Waals surface area contributed by atoms with Crippen molar-refractivity contribution in [3.8, 4) is 5.75 Å². The maximum atomic E-state index is 10.9. The summed E-state index contributed by atoms with van der Waals surface area (Å²) < 4.78 is 5.02. The number of benzene rings is 1. The van der Waals surface area contributed by atoms with E-state index in [2.05, 4.69) is 0 Å². The highest BCUT2D eigenvalue weighted by molar-refractivity contribution is 5.59. The van der Waals surface area contributed by atoms with E-state index in [1.165, 1.54) is 18.2 Å². The van der Waals surface area contributed by atoms with E-state index in [-0.39, 0.29) is 12.0 Å². The number of aliphatic hydroxyl groups is 4. The van der Waals surface area contributed by atoms with Crippen molar-refractivity contribution in [3.05, 3.63) is 34.4 Å². The molecule has 0 radical (unpaired) electrons. The number of hydrogen-bond acceptors (Lipinski definition) is 8. The van der Waals surface area contributed by atoms with Crippen molar-refractivity contribution < 1.29 is 34.9 Å². The van der Waals surface area contributed by atoms with E-state index in [4.69, 9.17) is 9.84 Å². The molecule has 0 fully saturated rings. The van der Waals surface area contributed by atoms with Crippen molar-refractivity contribution in [1.29, 1.82) is 0 Å². The third kappa shape index (κ3) is 4.20. The first-order valence-electron chi connectivity index (χ1n) is 5.92. The molecule has 0 spiro atoms. The zero-order chi connectivity index (χ0) is 16.0. The van der Waals surface area contributed by atoms with Gasteiger partial charge in [-0.25, -0.2) is 0 Å². The van der Waals surface area contributed by atoms with Gasteiger partial charge >= 0.3 is 5.69 Å². The fourth-order valence-electron chi connectivity index (χ4n) is 1.56. The first kappa shape index (κ1) is 17.0. The Morgan fingerprint density at radius 3 is 2.38 bits per heavy atom. The highest BCUT2D eigenvalue weighted by Gasteiger charge is 2.33. The zero-order valence-corrected chi connectivity index (χ0v) is 10.8. The molecule has 0 aliphatic heterocycles. The molecule has 1 aromatic carbocycles. The van der Waals surface area contributed by atoms with Gasteiger partial charge in [-0.05, 0) is 6.07 Å². The number of aliphatic hydroxyl groups excluding tert-OH is 4. The molecule has 0 heterocycles. The highest BCUT2D eigenvalue weighted by Crippen LogP contribution is 2.27. The first-order valence-corrected chi connectivity index (χ1v) is 5.92. The van der Waals surface area contributed by atoms with E-state index >= 15 is 0 Å². The van der Waals surface area contributed by atoms with E-state index in [0.717, 1.165) is 6.07 Å². The molecule has 0 amide bonds. The lowest BCUT2D eigenvalue weighted by Crippen LogP contribution is -2.48. The number of nitrogens with zero attached hydrogens (tertiary/aromatic N) is 1. The van der Waals surface area contributed by atoms with Crippen LogP contribution in [0.1, 0.15) is 0 Å². The van der Waals surface area contributed by atoms with Crippen molar-refractivity contribution in [1.82, 2.24) is 0 Å². The van der Waals surface area contributed by atoms with Crippen molar-refractivity contribution in [3.63, 3.8) is 0 Å². The Balaban J connectivity index is 2.93. The maximum absolute atomic E-state index is 10.9. The summed E-state index contributed by atoms with van der Waals surface area (Å²) in [5, 5.41) is 47.9. The van der Waals surface area contributed by atoms with Crippen LogP contribution in [0.2, 0.25) is 0 Å². The van der Waals surface area contributed by atoms with Crippen LogP contribution in [0.5, 0.6) is 5.75 Å². The van der Waals surface area contributed by atoms with Crippen molar-refractivity contribution in [2.75, 3.05) is 6.61 Å². The molecule has 4 atom stereocenters. The Hall–Kier alpha value is -2.07. The zero-order valence-electron chi connectivity index (χ0n) is 10.8. The lowest BCUT2D eigenvalue weighted by Gasteiger charge is -2.25. The molecule has 116 valence electrons. The number of rotatable bonds is 8. The lowest BCUT2D eigenvalue weighted by molar-refractivity contribution is -0.386. The summed E-state index contributed by atoms with van der Waals surface area (Å²) in [5.74, 6) is -0.274. The standard InChI is InChI=1S/C12H15NO8/c14-5-8(16)11(17)12(18)10(6-15)21-9-4-2-1-3-7(9)13(19)20/h1-4,6,8,10-12,14,16-18H,5H2/t8-,10+,11+,12-/m1/s1. The molecule has 9 heteroatoms. The topological polar surface area (TPSA) is 150 Å². The van der Waals surface area contributed by atoms with Gasteiger partial charge in [-0.15, -0.1) is 0 Å². The second-order valence-corrected chi connectivity index (χ2v) is 4.17. The Morgan fingerprint density at radius 1 is 1.24 bits per heavy atom. The maximum Gasteiger partial charge on any atom is 0.310 e. The van der Waals surface area contributed by atoms with Crippen LogP contribution < -0.4 is 4.74 Å². The summed E-state index contributed by atoms with van der Waals surface area (Å²) >= 11 is 0. The molecular weight excluding hydrogens is 286 g/mol. The SMILES string of the molecule is O=C[C@H](Oc1ccccc1[N+](=O)[O-])[C@@H](O)[C@@H](O)[C@H](O)CO. The molecule has 1 aromatic rings. The van der Waals surface area contributed by atoms with Gasteiger partial charge < -0.3 is 25.2 Å². The second-order valence-electron chi connectivity index (χ2n) is 4.17. The third-order valence-corrected chi connectivity index (χ3v) is 2.73. The van der Waals surface area contributed by atoms with Crippen LogP contribution >= 0.6 is 0 Å². The van der Waals surface area contributed by atoms with Crippen LogP contribution in [0.3, 0.4) is 0 Å². The average Bonchev–Trinajstić information content (AvgIpc) is 2.50. The Bertz CT molecular complexity index is 494. The van der Waals surface area contributed by atoms with Gasteiger partial charge in [0, 0.05) is 6.07 Å². The fourth-order valence-corrected chi connectivity index (χ4v) is 1.56. The number of carbonyl (C=O) groups excluding carboxylic acids is 1.